The second-order valence-electron chi connectivity index (χ2n) is 13.8. The summed E-state index contributed by atoms with van der Waals surface area (Å²) in [5.74, 6) is 0. The van der Waals surface area contributed by atoms with Crippen LogP contribution in [0.15, 0.2) is 237 Å². The van der Waals surface area contributed by atoms with Crippen LogP contribution in [-0.2, 0) is 0 Å². The molecule has 0 unspecified atom stereocenters. The van der Waals surface area contributed by atoms with Crippen LogP contribution in [-0.4, -0.2) is 0 Å². The maximum absolute atomic E-state index is 2.36. The minimum absolute atomic E-state index is 1.09. The highest BCUT2D eigenvalue weighted by molar-refractivity contribution is 5.89. The van der Waals surface area contributed by atoms with Crippen molar-refractivity contribution in [2.45, 2.75) is 0 Å². The molecule has 0 saturated carbocycles. The lowest BCUT2D eigenvalue weighted by Crippen LogP contribution is -2.10. The van der Waals surface area contributed by atoms with Crippen LogP contribution in [0.5, 0.6) is 0 Å². The highest BCUT2D eigenvalue weighted by atomic mass is 15.1. The van der Waals surface area contributed by atoms with E-state index in [9.17, 15) is 0 Å². The van der Waals surface area contributed by atoms with Crippen LogP contribution in [0, 0.1) is 0 Å². The van der Waals surface area contributed by atoms with Gasteiger partial charge in [0.25, 0.3) is 0 Å². The van der Waals surface area contributed by atoms with E-state index in [0.717, 1.165) is 17.1 Å². The Balaban J connectivity index is 1.10. The van der Waals surface area contributed by atoms with E-state index < -0.39 is 0 Å². The van der Waals surface area contributed by atoms with Gasteiger partial charge >= 0.3 is 0 Å². The third-order valence-corrected chi connectivity index (χ3v) is 10.3. The van der Waals surface area contributed by atoms with Crippen molar-refractivity contribution < 1.29 is 0 Å². The first-order valence-electron chi connectivity index (χ1n) is 18.8. The quantitative estimate of drug-likeness (QED) is 0.145. The van der Waals surface area contributed by atoms with E-state index in [-0.39, 0.29) is 0 Å². The molecule has 0 aliphatic carbocycles. The molecule has 55 heavy (non-hydrogen) atoms. The molecule has 260 valence electrons. The summed E-state index contributed by atoms with van der Waals surface area (Å²) in [6.45, 7) is 0. The van der Waals surface area contributed by atoms with E-state index in [4.69, 9.17) is 0 Å². The lowest BCUT2D eigenvalue weighted by Gasteiger charge is -2.26. The summed E-state index contributed by atoms with van der Waals surface area (Å²) in [4.78, 5) is 2.36. The average Bonchev–Trinajstić information content (AvgIpc) is 3.28. The molecule has 9 aromatic rings. The van der Waals surface area contributed by atoms with Gasteiger partial charge in [-0.05, 0) is 109 Å². The Kier molecular flexibility index (Phi) is 9.41. The monoisotopic (exact) mass is 701 g/mol. The summed E-state index contributed by atoms with van der Waals surface area (Å²) in [5.41, 5.74) is 17.7. The van der Waals surface area contributed by atoms with Crippen LogP contribution in [0.25, 0.3) is 66.8 Å². The molecule has 0 N–H and O–H groups in total. The van der Waals surface area contributed by atoms with Gasteiger partial charge in [0.1, 0.15) is 0 Å². The summed E-state index contributed by atoms with van der Waals surface area (Å²) in [5, 5.41) is 0. The van der Waals surface area contributed by atoms with E-state index in [0.29, 0.717) is 0 Å². The molecular formula is C54H39N. The molecule has 0 bridgehead atoms. The lowest BCUT2D eigenvalue weighted by atomic mass is 9.91. The van der Waals surface area contributed by atoms with Crippen LogP contribution in [0.2, 0.25) is 0 Å². The third kappa shape index (κ3) is 7.25. The standard InChI is InChI=1S/C54H39N/c1-5-14-40(15-6-1)43-24-26-44(27-25-43)45-28-33-50(34-29-45)55(52-23-13-22-48(38-52)41-16-7-2-8-17-41)51-35-30-47(31-36-51)54-39-49(42-18-9-3-10-19-42)32-37-53(54)46-20-11-4-12-21-46/h1-39H. The van der Waals surface area contributed by atoms with Crippen LogP contribution in [0.4, 0.5) is 17.1 Å². The highest BCUT2D eigenvalue weighted by Crippen LogP contribution is 2.41. The van der Waals surface area contributed by atoms with Gasteiger partial charge in [-0.1, -0.05) is 194 Å². The molecule has 0 spiro atoms. The summed E-state index contributed by atoms with van der Waals surface area (Å²) in [6.07, 6.45) is 0. The Morgan fingerprint density at radius 2 is 0.509 bits per heavy atom. The minimum Gasteiger partial charge on any atom is -0.310 e. The second kappa shape index (κ2) is 15.4. The first-order valence-corrected chi connectivity index (χ1v) is 18.8. The lowest BCUT2D eigenvalue weighted by molar-refractivity contribution is 1.28. The fraction of sp³-hybridized carbons (Fsp3) is 0. The predicted molar refractivity (Wildman–Crippen MR) is 234 cm³/mol. The molecule has 0 aliphatic rings. The Morgan fingerprint density at radius 3 is 1.00 bits per heavy atom. The molecule has 0 aromatic heterocycles. The predicted octanol–water partition coefficient (Wildman–Crippen LogP) is 15.2. The SMILES string of the molecule is c1ccc(-c2ccc(-c3ccc(N(c4ccc(-c5cc(-c6ccccc6)ccc5-c5ccccc5)cc4)c4cccc(-c5ccccc5)c4)cc3)cc2)cc1. The number of benzene rings is 9. The number of anilines is 3. The first-order chi connectivity index (χ1) is 27.3. The zero-order valence-electron chi connectivity index (χ0n) is 30.5. The van der Waals surface area contributed by atoms with Gasteiger partial charge in [0.15, 0.2) is 0 Å². The van der Waals surface area contributed by atoms with Gasteiger partial charge in [-0.2, -0.15) is 0 Å². The largest absolute Gasteiger partial charge is 0.310 e. The van der Waals surface area contributed by atoms with E-state index in [1.807, 2.05) is 0 Å². The van der Waals surface area contributed by atoms with Crippen molar-refractivity contribution in [1.29, 1.82) is 0 Å². The molecule has 0 saturated heterocycles. The maximum atomic E-state index is 2.36. The van der Waals surface area contributed by atoms with E-state index in [2.05, 4.69) is 241 Å². The number of hydrogen-bond donors (Lipinski definition) is 0. The molecule has 9 aromatic carbocycles. The van der Waals surface area contributed by atoms with E-state index in [1.165, 1.54) is 66.8 Å². The van der Waals surface area contributed by atoms with Gasteiger partial charge in [0, 0.05) is 17.1 Å². The van der Waals surface area contributed by atoms with Crippen molar-refractivity contribution in [2.24, 2.45) is 0 Å². The summed E-state index contributed by atoms with van der Waals surface area (Å²) >= 11 is 0. The molecule has 1 heteroatoms. The van der Waals surface area contributed by atoms with Crippen molar-refractivity contribution >= 4 is 17.1 Å². The first kappa shape index (κ1) is 33.6. The summed E-state index contributed by atoms with van der Waals surface area (Å²) in [6, 6.07) is 84.9. The molecule has 0 atom stereocenters. The number of hydrogen-bond acceptors (Lipinski definition) is 1. The summed E-state index contributed by atoms with van der Waals surface area (Å²) in [7, 11) is 0. The van der Waals surface area contributed by atoms with Crippen LogP contribution >= 0.6 is 0 Å². The van der Waals surface area contributed by atoms with Crippen molar-refractivity contribution in [3.63, 3.8) is 0 Å². The van der Waals surface area contributed by atoms with Gasteiger partial charge in [-0.3, -0.25) is 0 Å². The third-order valence-electron chi connectivity index (χ3n) is 10.3. The van der Waals surface area contributed by atoms with Crippen LogP contribution in [0.1, 0.15) is 0 Å². The molecule has 1 nitrogen and oxygen atoms in total. The van der Waals surface area contributed by atoms with Gasteiger partial charge in [0.2, 0.25) is 0 Å². The molecule has 0 fully saturated rings. The van der Waals surface area contributed by atoms with E-state index >= 15 is 0 Å². The molecule has 0 radical (unpaired) electrons. The maximum Gasteiger partial charge on any atom is 0.0467 e. The van der Waals surface area contributed by atoms with Crippen molar-refractivity contribution in [1.82, 2.24) is 0 Å². The Bertz CT molecular complexity index is 2630. The van der Waals surface area contributed by atoms with Crippen LogP contribution < -0.4 is 4.90 Å². The average molecular weight is 702 g/mol. The van der Waals surface area contributed by atoms with E-state index in [1.54, 1.807) is 0 Å². The fourth-order valence-electron chi connectivity index (χ4n) is 7.44. The topological polar surface area (TPSA) is 3.24 Å². The number of nitrogens with zero attached hydrogens (tertiary/aromatic N) is 1. The summed E-state index contributed by atoms with van der Waals surface area (Å²) < 4.78 is 0. The minimum atomic E-state index is 1.09. The fourth-order valence-corrected chi connectivity index (χ4v) is 7.44. The Hall–Kier alpha value is -7.22. The zero-order valence-corrected chi connectivity index (χ0v) is 30.5. The van der Waals surface area contributed by atoms with Crippen molar-refractivity contribution in [2.75, 3.05) is 4.90 Å². The Morgan fingerprint density at radius 1 is 0.182 bits per heavy atom. The second-order valence-corrected chi connectivity index (χ2v) is 13.8. The van der Waals surface area contributed by atoms with Crippen LogP contribution in [0.3, 0.4) is 0 Å². The molecular weight excluding hydrogens is 663 g/mol. The Labute approximate surface area is 324 Å². The van der Waals surface area contributed by atoms with Gasteiger partial charge in [0.05, 0.1) is 0 Å². The van der Waals surface area contributed by atoms with Gasteiger partial charge in [-0.15, -0.1) is 0 Å². The smallest absolute Gasteiger partial charge is 0.0467 e. The van der Waals surface area contributed by atoms with Crippen molar-refractivity contribution in [3.8, 4) is 66.8 Å². The van der Waals surface area contributed by atoms with Gasteiger partial charge < -0.3 is 4.90 Å². The van der Waals surface area contributed by atoms with Gasteiger partial charge in [-0.25, -0.2) is 0 Å². The molecule has 9 rings (SSSR count). The molecule has 0 amide bonds. The number of rotatable bonds is 9. The molecule has 0 aliphatic heterocycles. The normalized spacial score (nSPS) is 10.9. The van der Waals surface area contributed by atoms with Crippen molar-refractivity contribution in [3.05, 3.63) is 237 Å². The highest BCUT2D eigenvalue weighted by Gasteiger charge is 2.16. The molecule has 0 heterocycles. The zero-order chi connectivity index (χ0) is 36.8.